The summed E-state index contributed by atoms with van der Waals surface area (Å²) in [5, 5.41) is 5.05. The molecule has 0 heterocycles. The van der Waals surface area contributed by atoms with Gasteiger partial charge in [0, 0.05) is 0 Å². The number of benzene rings is 3. The Balaban J connectivity index is 2.57. The number of hydrogen-bond acceptors (Lipinski definition) is 0. The lowest BCUT2D eigenvalue weighted by Crippen LogP contribution is -1.81. The van der Waals surface area contributed by atoms with E-state index in [1.54, 1.807) is 0 Å². The molecule has 0 heteroatoms. The van der Waals surface area contributed by atoms with E-state index in [2.05, 4.69) is 61.2 Å². The molecule has 0 aliphatic heterocycles. The number of hydrogen-bond donors (Lipinski definition) is 0. The van der Waals surface area contributed by atoms with E-state index in [0.717, 1.165) is 5.56 Å². The summed E-state index contributed by atoms with van der Waals surface area (Å²) in [7, 11) is 0. The second-order valence-electron chi connectivity index (χ2n) is 3.86. The van der Waals surface area contributed by atoms with E-state index in [1.807, 2.05) is 6.07 Å². The van der Waals surface area contributed by atoms with Crippen LogP contribution < -0.4 is 0 Å². The quantitative estimate of drug-likeness (QED) is 0.516. The van der Waals surface area contributed by atoms with Crippen molar-refractivity contribution in [3.8, 4) is 0 Å². The minimum absolute atomic E-state index is 1.07. The van der Waals surface area contributed by atoms with E-state index in [9.17, 15) is 0 Å². The lowest BCUT2D eigenvalue weighted by molar-refractivity contribution is 1.66. The molecular formula is C16H11. The Bertz CT molecular complexity index is 678. The minimum Gasteiger partial charge on any atom is -0.0905 e. The van der Waals surface area contributed by atoms with Gasteiger partial charge >= 0.3 is 0 Å². The highest BCUT2D eigenvalue weighted by Crippen LogP contribution is 2.27. The number of rotatable bonds is 1. The van der Waals surface area contributed by atoms with E-state index < -0.39 is 0 Å². The molecule has 3 aromatic rings. The van der Waals surface area contributed by atoms with Gasteiger partial charge in [0.25, 0.3) is 0 Å². The molecule has 0 aromatic heterocycles. The van der Waals surface area contributed by atoms with Gasteiger partial charge < -0.3 is 0 Å². The Labute approximate surface area is 94.8 Å². The van der Waals surface area contributed by atoms with E-state index in [1.165, 1.54) is 21.5 Å². The predicted octanol–water partition coefficient (Wildman–Crippen LogP) is 4.33. The van der Waals surface area contributed by atoms with E-state index in [0.29, 0.717) is 0 Å². The predicted molar refractivity (Wildman–Crippen MR) is 69.4 cm³/mol. The summed E-state index contributed by atoms with van der Waals surface area (Å²) >= 11 is 0. The molecule has 0 bridgehead atoms. The molecule has 0 amide bonds. The van der Waals surface area contributed by atoms with Crippen molar-refractivity contribution < 1.29 is 0 Å². The zero-order valence-corrected chi connectivity index (χ0v) is 8.90. The van der Waals surface area contributed by atoms with Gasteiger partial charge in [-0.3, -0.25) is 0 Å². The van der Waals surface area contributed by atoms with Gasteiger partial charge in [0.1, 0.15) is 0 Å². The van der Waals surface area contributed by atoms with Crippen LogP contribution in [0.15, 0.2) is 61.2 Å². The van der Waals surface area contributed by atoms with E-state index >= 15 is 0 Å². The van der Waals surface area contributed by atoms with Gasteiger partial charge in [-0.1, -0.05) is 61.2 Å². The van der Waals surface area contributed by atoms with Crippen molar-refractivity contribution >= 4 is 21.5 Å². The summed E-state index contributed by atoms with van der Waals surface area (Å²) < 4.78 is 0. The molecule has 0 saturated heterocycles. The smallest absolute Gasteiger partial charge is 0.00990 e. The fourth-order valence-electron chi connectivity index (χ4n) is 2.19. The maximum atomic E-state index is 3.74. The molecule has 0 atom stereocenters. The molecule has 0 nitrogen and oxygen atoms in total. The van der Waals surface area contributed by atoms with Gasteiger partial charge in [0.05, 0.1) is 0 Å². The summed E-state index contributed by atoms with van der Waals surface area (Å²) in [6.45, 7) is 3.74. The van der Waals surface area contributed by atoms with Crippen LogP contribution in [-0.2, 0) is 0 Å². The van der Waals surface area contributed by atoms with Gasteiger partial charge in [0.15, 0.2) is 0 Å². The molecule has 0 N–H and O–H groups in total. The van der Waals surface area contributed by atoms with E-state index in [-0.39, 0.29) is 0 Å². The van der Waals surface area contributed by atoms with Crippen LogP contribution in [0.25, 0.3) is 21.5 Å². The second-order valence-corrected chi connectivity index (χ2v) is 3.86. The van der Waals surface area contributed by atoms with Crippen LogP contribution in [0.4, 0.5) is 0 Å². The third-order valence-electron chi connectivity index (χ3n) is 2.98. The first-order chi connectivity index (χ1) is 7.90. The van der Waals surface area contributed by atoms with Gasteiger partial charge in [-0.15, -0.1) is 0 Å². The summed E-state index contributed by atoms with van der Waals surface area (Å²) in [5.74, 6) is 0. The molecule has 75 valence electrons. The summed E-state index contributed by atoms with van der Waals surface area (Å²) in [6.07, 6.45) is 2.98. The maximum Gasteiger partial charge on any atom is -0.00990 e. The molecule has 0 fully saturated rings. The van der Waals surface area contributed by atoms with Crippen LogP contribution in [-0.4, -0.2) is 0 Å². The van der Waals surface area contributed by atoms with Crippen molar-refractivity contribution in [2.45, 2.75) is 0 Å². The van der Waals surface area contributed by atoms with Crippen LogP contribution in [0.2, 0.25) is 0 Å². The molecular weight excluding hydrogens is 192 g/mol. The van der Waals surface area contributed by atoms with Crippen LogP contribution in [0.5, 0.6) is 0 Å². The lowest BCUT2D eigenvalue weighted by Gasteiger charge is -2.05. The van der Waals surface area contributed by atoms with Gasteiger partial charge in [-0.05, 0) is 33.2 Å². The SMILES string of the molecule is C=[C]c1cccc2c1ccc1ccccc12. The number of fused-ring (bicyclic) bond motifs is 3. The average molecular weight is 203 g/mol. The fourth-order valence-corrected chi connectivity index (χ4v) is 2.19. The Morgan fingerprint density at radius 2 is 1.50 bits per heavy atom. The normalized spacial score (nSPS) is 10.8. The molecule has 16 heavy (non-hydrogen) atoms. The second kappa shape index (κ2) is 3.49. The van der Waals surface area contributed by atoms with Crippen LogP contribution in [0.1, 0.15) is 5.56 Å². The largest absolute Gasteiger partial charge is 0.0905 e. The maximum absolute atomic E-state index is 3.74. The minimum atomic E-state index is 1.07. The van der Waals surface area contributed by atoms with E-state index in [4.69, 9.17) is 0 Å². The van der Waals surface area contributed by atoms with Crippen LogP contribution in [0.3, 0.4) is 0 Å². The highest BCUT2D eigenvalue weighted by molar-refractivity contribution is 6.08. The highest BCUT2D eigenvalue weighted by atomic mass is 14.0. The average Bonchev–Trinajstić information content (AvgIpc) is 2.37. The van der Waals surface area contributed by atoms with Crippen LogP contribution >= 0.6 is 0 Å². The van der Waals surface area contributed by atoms with Crippen molar-refractivity contribution in [1.29, 1.82) is 0 Å². The van der Waals surface area contributed by atoms with Crippen molar-refractivity contribution in [3.63, 3.8) is 0 Å². The molecule has 0 spiro atoms. The third-order valence-corrected chi connectivity index (χ3v) is 2.98. The monoisotopic (exact) mass is 203 g/mol. The fraction of sp³-hybridized carbons (Fsp3) is 0. The third kappa shape index (κ3) is 1.24. The van der Waals surface area contributed by atoms with Gasteiger partial charge in [-0.2, -0.15) is 0 Å². The van der Waals surface area contributed by atoms with Crippen molar-refractivity contribution in [2.75, 3.05) is 0 Å². The van der Waals surface area contributed by atoms with Crippen molar-refractivity contribution in [1.82, 2.24) is 0 Å². The first kappa shape index (κ1) is 9.17. The van der Waals surface area contributed by atoms with Crippen molar-refractivity contribution in [3.05, 3.63) is 72.8 Å². The molecule has 0 saturated carbocycles. The summed E-state index contributed by atoms with van der Waals surface area (Å²) in [5.41, 5.74) is 1.07. The molecule has 1 radical (unpaired) electrons. The molecule has 3 aromatic carbocycles. The molecule has 0 unspecified atom stereocenters. The Morgan fingerprint density at radius 1 is 0.688 bits per heavy atom. The Morgan fingerprint density at radius 3 is 2.38 bits per heavy atom. The van der Waals surface area contributed by atoms with Gasteiger partial charge in [-0.25, -0.2) is 0 Å². The van der Waals surface area contributed by atoms with Crippen molar-refractivity contribution in [2.24, 2.45) is 0 Å². The molecule has 3 rings (SSSR count). The van der Waals surface area contributed by atoms with Crippen LogP contribution in [0, 0.1) is 6.08 Å². The standard InChI is InChI=1S/C16H11/c1-2-12-7-5-9-16-14-8-4-3-6-13(14)10-11-15(12)16/h3-11H,1H2. The Kier molecular flexibility index (Phi) is 2.00. The first-order valence-corrected chi connectivity index (χ1v) is 5.34. The summed E-state index contributed by atoms with van der Waals surface area (Å²) in [6, 6.07) is 19.0. The molecule has 0 aliphatic carbocycles. The first-order valence-electron chi connectivity index (χ1n) is 5.34. The lowest BCUT2D eigenvalue weighted by atomic mass is 9.98. The summed E-state index contributed by atoms with van der Waals surface area (Å²) in [4.78, 5) is 0. The molecule has 0 aliphatic rings. The zero-order chi connectivity index (χ0) is 11.0. The zero-order valence-electron chi connectivity index (χ0n) is 8.90. The topological polar surface area (TPSA) is 0 Å². The van der Waals surface area contributed by atoms with Gasteiger partial charge in [0.2, 0.25) is 0 Å². The highest BCUT2D eigenvalue weighted by Gasteiger charge is 2.01. The Hall–Kier alpha value is -2.08.